The Morgan fingerprint density at radius 3 is 1.14 bits per heavy atom. The van der Waals surface area contributed by atoms with Gasteiger partial charge >= 0.3 is 17.4 Å². The fourth-order valence-electron chi connectivity index (χ4n) is 0. The molecule has 0 heterocycles. The second-order valence-corrected chi connectivity index (χ2v) is 0.346. The summed E-state index contributed by atoms with van der Waals surface area (Å²) in [5.41, 5.74) is 0. The predicted molar refractivity (Wildman–Crippen MR) is 27.9 cm³/mol. The van der Waals surface area contributed by atoms with Gasteiger partial charge in [-0.2, -0.15) is 0 Å². The van der Waals surface area contributed by atoms with E-state index in [1.165, 1.54) is 0 Å². The molecule has 44 valence electrons. The molecule has 0 aromatic heterocycles. The molecule has 0 bridgehead atoms. The Bertz CT molecular complexity index is 26.5. The summed E-state index contributed by atoms with van der Waals surface area (Å²) in [6, 6.07) is 0. The standard InChI is InChI=1S/BH3O3.Be.FH.H3N.2H/c2-1(3)4;;;;;/h2-4H;;1H;1H3;;/q;+2;;;2*-1. The Labute approximate surface area is 47.5 Å². The molecule has 0 aliphatic heterocycles. The Morgan fingerprint density at radius 1 is 1.14 bits per heavy atom. The molecule has 0 rings (SSSR count). The zero-order valence-electron chi connectivity index (χ0n) is 5.74. The molecule has 7 heteroatoms. The van der Waals surface area contributed by atoms with E-state index in [1.54, 1.807) is 0 Å². The van der Waals surface area contributed by atoms with Crippen molar-refractivity contribution in [1.82, 2.24) is 6.15 Å². The van der Waals surface area contributed by atoms with Crippen LogP contribution in [-0.2, 0) is 0 Å². The first-order valence-corrected chi connectivity index (χ1v) is 0.775. The minimum atomic E-state index is -2.17. The van der Waals surface area contributed by atoms with Crippen molar-refractivity contribution in [3.63, 3.8) is 0 Å². The molecule has 4 nitrogen and oxygen atoms in total. The van der Waals surface area contributed by atoms with Crippen LogP contribution in [-0.4, -0.2) is 32.5 Å². The summed E-state index contributed by atoms with van der Waals surface area (Å²) in [7, 11) is -2.17. The fourth-order valence-corrected chi connectivity index (χ4v) is 0. The summed E-state index contributed by atoms with van der Waals surface area (Å²) >= 11 is 0. The van der Waals surface area contributed by atoms with Gasteiger partial charge in [0.2, 0.25) is 0 Å². The van der Waals surface area contributed by atoms with Crippen LogP contribution >= 0.6 is 0 Å². The third-order valence-corrected chi connectivity index (χ3v) is 0. The molecule has 0 aliphatic carbocycles. The molecule has 0 saturated carbocycles. The second kappa shape index (κ2) is 16.7. The zero-order valence-corrected chi connectivity index (χ0v) is 3.74. The van der Waals surface area contributed by atoms with E-state index in [2.05, 4.69) is 0 Å². The Balaban J connectivity index is -0.00000000450. The third-order valence-electron chi connectivity index (χ3n) is 0. The van der Waals surface area contributed by atoms with Crippen molar-refractivity contribution in [3.8, 4) is 0 Å². The van der Waals surface area contributed by atoms with Gasteiger partial charge in [0.1, 0.15) is 0 Å². The van der Waals surface area contributed by atoms with E-state index < -0.39 is 7.32 Å². The van der Waals surface area contributed by atoms with Crippen LogP contribution in [0.2, 0.25) is 0 Å². The van der Waals surface area contributed by atoms with Gasteiger partial charge < -0.3 is 24.1 Å². The molecule has 0 unspecified atom stereocenters. The van der Waals surface area contributed by atoms with E-state index in [0.29, 0.717) is 0 Å². The van der Waals surface area contributed by atoms with Crippen molar-refractivity contribution >= 4 is 17.4 Å². The number of rotatable bonds is 0. The molecule has 0 aromatic rings. The van der Waals surface area contributed by atoms with Gasteiger partial charge in [0, 0.05) is 0 Å². The first kappa shape index (κ1) is 28.0. The topological polar surface area (TPSA) is 95.7 Å². The molecule has 0 radical (unpaired) electrons. The van der Waals surface area contributed by atoms with Gasteiger partial charge in [-0.1, -0.05) is 0 Å². The molecule has 0 spiro atoms. The molecule has 0 saturated heterocycles. The molecule has 0 fully saturated rings. The SMILES string of the molecule is F.N.OB(O)O.[Be+2].[H-].[H-]. The van der Waals surface area contributed by atoms with Crippen LogP contribution in [0.1, 0.15) is 2.85 Å². The summed E-state index contributed by atoms with van der Waals surface area (Å²) in [6.07, 6.45) is 0. The van der Waals surface area contributed by atoms with Crippen LogP contribution in [0.5, 0.6) is 0 Å². The summed E-state index contributed by atoms with van der Waals surface area (Å²) in [4.78, 5) is 0. The maximum absolute atomic E-state index is 7.17. The van der Waals surface area contributed by atoms with Gasteiger partial charge in [-0.3, -0.25) is 4.70 Å². The van der Waals surface area contributed by atoms with Crippen molar-refractivity contribution in [2.24, 2.45) is 0 Å². The van der Waals surface area contributed by atoms with Gasteiger partial charge in [-0.15, -0.1) is 0 Å². The zero-order chi connectivity index (χ0) is 3.58. The minimum absolute atomic E-state index is 0. The monoisotopic (exact) mass is 110 g/mol. The molecule has 0 aromatic carbocycles. The molecular formula is H9BBeFNO3. The van der Waals surface area contributed by atoms with Gasteiger partial charge in [-0.25, -0.2) is 0 Å². The van der Waals surface area contributed by atoms with Crippen LogP contribution in [0, 0.1) is 0 Å². The quantitative estimate of drug-likeness (QED) is 0.274. The van der Waals surface area contributed by atoms with Gasteiger partial charge in [0.25, 0.3) is 0 Å². The second-order valence-electron chi connectivity index (χ2n) is 0.346. The fraction of sp³-hybridized carbons (Fsp3) is 0. The van der Waals surface area contributed by atoms with Gasteiger partial charge in [0.15, 0.2) is 0 Å². The predicted octanol–water partition coefficient (Wildman–Crippen LogP) is -1.89. The summed E-state index contributed by atoms with van der Waals surface area (Å²) < 4.78 is 0. The first-order valence-electron chi connectivity index (χ1n) is 0.775. The van der Waals surface area contributed by atoms with E-state index in [4.69, 9.17) is 15.1 Å². The summed E-state index contributed by atoms with van der Waals surface area (Å²) in [5.74, 6) is 0. The average molecular weight is 110 g/mol. The number of halogens is 1. The van der Waals surface area contributed by atoms with Crippen LogP contribution in [0.4, 0.5) is 4.70 Å². The maximum Gasteiger partial charge on any atom is 2.00 e. The van der Waals surface area contributed by atoms with Crippen molar-refractivity contribution in [2.75, 3.05) is 0 Å². The van der Waals surface area contributed by atoms with Crippen LogP contribution in [0.25, 0.3) is 0 Å². The summed E-state index contributed by atoms with van der Waals surface area (Å²) in [5, 5.41) is 21.5. The third kappa shape index (κ3) is 6780000. The minimum Gasteiger partial charge on any atom is -1.00 e. The van der Waals surface area contributed by atoms with Crippen molar-refractivity contribution in [2.45, 2.75) is 0 Å². The number of hydrogen-bond acceptors (Lipinski definition) is 4. The molecule has 0 amide bonds. The van der Waals surface area contributed by atoms with Crippen LogP contribution < -0.4 is 6.15 Å². The van der Waals surface area contributed by atoms with E-state index >= 15 is 0 Å². The van der Waals surface area contributed by atoms with E-state index in [1.807, 2.05) is 0 Å². The van der Waals surface area contributed by atoms with Gasteiger partial charge in [0.05, 0.1) is 0 Å². The Kier molecular flexibility index (Phi) is 66.6. The number of hydrogen-bond donors (Lipinski definition) is 4. The largest absolute Gasteiger partial charge is 2.00 e. The molecule has 0 aliphatic rings. The summed E-state index contributed by atoms with van der Waals surface area (Å²) in [6.45, 7) is 0. The molecule has 0 atom stereocenters. The van der Waals surface area contributed by atoms with E-state index in [-0.39, 0.29) is 23.8 Å². The van der Waals surface area contributed by atoms with Crippen molar-refractivity contribution in [3.05, 3.63) is 0 Å². The van der Waals surface area contributed by atoms with E-state index in [0.717, 1.165) is 0 Å². The Hall–Kier alpha value is 0.00377. The normalized spacial score (nSPS) is 3.86. The maximum atomic E-state index is 7.17. The Morgan fingerprint density at radius 2 is 1.14 bits per heavy atom. The molecule has 6 N–H and O–H groups in total. The molecular weight excluding hydrogens is 101 g/mol. The van der Waals surface area contributed by atoms with Crippen LogP contribution in [0.15, 0.2) is 0 Å². The smallest absolute Gasteiger partial charge is 1.00 e. The van der Waals surface area contributed by atoms with Crippen molar-refractivity contribution in [1.29, 1.82) is 0 Å². The van der Waals surface area contributed by atoms with E-state index in [9.17, 15) is 0 Å². The average Bonchev–Trinajstić information content (AvgIpc) is 0.811. The van der Waals surface area contributed by atoms with Crippen LogP contribution in [0.3, 0.4) is 0 Å². The van der Waals surface area contributed by atoms with Crippen molar-refractivity contribution < 1.29 is 22.6 Å². The first-order chi connectivity index (χ1) is 1.73. The van der Waals surface area contributed by atoms with Gasteiger partial charge in [-0.05, 0) is 0 Å². The molecule has 7 heavy (non-hydrogen) atoms.